The number of nitrogens with one attached hydrogen (secondary N) is 1. The van der Waals surface area contributed by atoms with E-state index in [1.54, 1.807) is 14.0 Å². The third kappa shape index (κ3) is 3.37. The second-order valence-corrected chi connectivity index (χ2v) is 4.26. The highest BCUT2D eigenvalue weighted by molar-refractivity contribution is 5.70. The van der Waals surface area contributed by atoms with Crippen molar-refractivity contribution in [3.8, 4) is 5.75 Å². The Bertz CT molecular complexity index is 415. The van der Waals surface area contributed by atoms with E-state index in [0.717, 1.165) is 22.6 Å². The lowest BCUT2D eigenvalue weighted by molar-refractivity contribution is -0.140. The third-order valence-corrected chi connectivity index (χ3v) is 2.76. The summed E-state index contributed by atoms with van der Waals surface area (Å²) in [6.45, 7) is 6.03. The number of carboxylic acid groups (broad SMARTS) is 1. The fourth-order valence-electron chi connectivity index (χ4n) is 1.55. The smallest absolute Gasteiger partial charge is 0.308 e. The standard InChI is InChI=1S/C13H19NO3/c1-8-6-12(17-4)9(2)5-11(8)14-7-10(3)13(15)16/h5-6,10,14H,7H2,1-4H3,(H,15,16). The van der Waals surface area contributed by atoms with Crippen molar-refractivity contribution in [2.75, 3.05) is 19.0 Å². The Morgan fingerprint density at radius 1 is 1.41 bits per heavy atom. The summed E-state index contributed by atoms with van der Waals surface area (Å²) in [7, 11) is 1.64. The zero-order valence-corrected chi connectivity index (χ0v) is 10.7. The topological polar surface area (TPSA) is 58.6 Å². The van der Waals surface area contributed by atoms with Crippen LogP contribution in [0.3, 0.4) is 0 Å². The minimum absolute atomic E-state index is 0.406. The number of aliphatic carboxylic acids is 1. The molecule has 0 bridgehead atoms. The van der Waals surface area contributed by atoms with Crippen LogP contribution in [0.5, 0.6) is 5.75 Å². The number of ether oxygens (including phenoxy) is 1. The molecule has 94 valence electrons. The van der Waals surface area contributed by atoms with Crippen molar-refractivity contribution in [2.45, 2.75) is 20.8 Å². The summed E-state index contributed by atoms with van der Waals surface area (Å²) in [6.07, 6.45) is 0. The van der Waals surface area contributed by atoms with Crippen molar-refractivity contribution in [3.63, 3.8) is 0 Å². The number of anilines is 1. The van der Waals surface area contributed by atoms with Crippen LogP contribution in [0.2, 0.25) is 0 Å². The van der Waals surface area contributed by atoms with Gasteiger partial charge in [0.05, 0.1) is 13.0 Å². The van der Waals surface area contributed by atoms with Crippen LogP contribution in [-0.4, -0.2) is 24.7 Å². The largest absolute Gasteiger partial charge is 0.496 e. The minimum Gasteiger partial charge on any atom is -0.496 e. The molecule has 0 aliphatic rings. The Morgan fingerprint density at radius 2 is 2.06 bits per heavy atom. The molecule has 1 rings (SSSR count). The molecule has 1 aromatic carbocycles. The maximum absolute atomic E-state index is 10.7. The molecular weight excluding hydrogens is 218 g/mol. The zero-order chi connectivity index (χ0) is 13.0. The second-order valence-electron chi connectivity index (χ2n) is 4.26. The Morgan fingerprint density at radius 3 is 2.59 bits per heavy atom. The zero-order valence-electron chi connectivity index (χ0n) is 10.7. The first kappa shape index (κ1) is 13.4. The number of rotatable bonds is 5. The van der Waals surface area contributed by atoms with E-state index in [2.05, 4.69) is 5.32 Å². The minimum atomic E-state index is -0.791. The predicted molar refractivity (Wildman–Crippen MR) is 67.8 cm³/mol. The average molecular weight is 237 g/mol. The van der Waals surface area contributed by atoms with Gasteiger partial charge in [0.1, 0.15) is 5.75 Å². The molecule has 4 nitrogen and oxygen atoms in total. The highest BCUT2D eigenvalue weighted by atomic mass is 16.5. The van der Waals surface area contributed by atoms with E-state index in [4.69, 9.17) is 9.84 Å². The summed E-state index contributed by atoms with van der Waals surface area (Å²) >= 11 is 0. The van der Waals surface area contributed by atoms with E-state index < -0.39 is 11.9 Å². The molecule has 0 aliphatic carbocycles. The first-order valence-corrected chi connectivity index (χ1v) is 5.57. The van der Waals surface area contributed by atoms with Crippen LogP contribution in [0.1, 0.15) is 18.1 Å². The Kier molecular flexibility index (Phi) is 4.37. The van der Waals surface area contributed by atoms with Gasteiger partial charge in [-0.2, -0.15) is 0 Å². The van der Waals surface area contributed by atoms with Gasteiger partial charge in [-0.15, -0.1) is 0 Å². The van der Waals surface area contributed by atoms with Gasteiger partial charge in [-0.05, 0) is 37.1 Å². The highest BCUT2D eigenvalue weighted by Gasteiger charge is 2.11. The monoisotopic (exact) mass is 237 g/mol. The molecule has 1 aromatic rings. The lowest BCUT2D eigenvalue weighted by Gasteiger charge is -2.14. The Balaban J connectivity index is 2.78. The van der Waals surface area contributed by atoms with Crippen LogP contribution in [-0.2, 0) is 4.79 Å². The van der Waals surface area contributed by atoms with Crippen LogP contribution in [0.4, 0.5) is 5.69 Å². The lowest BCUT2D eigenvalue weighted by Crippen LogP contribution is -2.20. The third-order valence-electron chi connectivity index (χ3n) is 2.76. The van der Waals surface area contributed by atoms with Crippen LogP contribution < -0.4 is 10.1 Å². The van der Waals surface area contributed by atoms with Gasteiger partial charge in [0.2, 0.25) is 0 Å². The first-order valence-electron chi connectivity index (χ1n) is 5.57. The van der Waals surface area contributed by atoms with Gasteiger partial charge in [0.15, 0.2) is 0 Å². The molecule has 0 saturated carbocycles. The summed E-state index contributed by atoms with van der Waals surface area (Å²) in [4.78, 5) is 10.7. The van der Waals surface area contributed by atoms with Crippen LogP contribution >= 0.6 is 0 Å². The molecule has 17 heavy (non-hydrogen) atoms. The van der Waals surface area contributed by atoms with Crippen molar-refractivity contribution in [1.29, 1.82) is 0 Å². The molecular formula is C13H19NO3. The molecule has 1 atom stereocenters. The fourth-order valence-corrected chi connectivity index (χ4v) is 1.55. The molecule has 4 heteroatoms. The average Bonchev–Trinajstić information content (AvgIpc) is 2.29. The number of carboxylic acids is 1. The van der Waals surface area contributed by atoms with Crippen molar-refractivity contribution < 1.29 is 14.6 Å². The van der Waals surface area contributed by atoms with Crippen molar-refractivity contribution in [1.82, 2.24) is 0 Å². The first-order chi connectivity index (χ1) is 7.95. The number of benzene rings is 1. The number of carbonyl (C=O) groups is 1. The van der Waals surface area contributed by atoms with E-state index in [-0.39, 0.29) is 0 Å². The Hall–Kier alpha value is -1.71. The predicted octanol–water partition coefficient (Wildman–Crippen LogP) is 2.44. The van der Waals surface area contributed by atoms with Gasteiger partial charge < -0.3 is 15.2 Å². The normalized spacial score (nSPS) is 12.0. The lowest BCUT2D eigenvalue weighted by atomic mass is 10.1. The SMILES string of the molecule is COc1cc(C)c(NCC(C)C(=O)O)cc1C. The molecule has 0 fully saturated rings. The quantitative estimate of drug-likeness (QED) is 0.825. The molecule has 0 aliphatic heterocycles. The maximum Gasteiger partial charge on any atom is 0.308 e. The van der Waals surface area contributed by atoms with E-state index in [0.29, 0.717) is 6.54 Å². The van der Waals surface area contributed by atoms with Gasteiger partial charge in [-0.1, -0.05) is 6.92 Å². The van der Waals surface area contributed by atoms with Crippen LogP contribution in [0.25, 0.3) is 0 Å². The number of hydrogen-bond acceptors (Lipinski definition) is 3. The molecule has 2 N–H and O–H groups in total. The van der Waals surface area contributed by atoms with Crippen LogP contribution in [0, 0.1) is 19.8 Å². The maximum atomic E-state index is 10.7. The molecule has 0 radical (unpaired) electrons. The van der Waals surface area contributed by atoms with Gasteiger partial charge in [-0.25, -0.2) is 0 Å². The van der Waals surface area contributed by atoms with Crippen molar-refractivity contribution >= 4 is 11.7 Å². The summed E-state index contributed by atoms with van der Waals surface area (Å²) < 4.78 is 5.22. The van der Waals surface area contributed by atoms with E-state index in [1.807, 2.05) is 26.0 Å². The summed E-state index contributed by atoms with van der Waals surface area (Å²) in [5.41, 5.74) is 3.03. The summed E-state index contributed by atoms with van der Waals surface area (Å²) in [6, 6.07) is 3.92. The molecule has 0 heterocycles. The molecule has 0 saturated heterocycles. The van der Waals surface area contributed by atoms with Crippen molar-refractivity contribution in [2.24, 2.45) is 5.92 Å². The van der Waals surface area contributed by atoms with Gasteiger partial charge >= 0.3 is 5.97 Å². The summed E-state index contributed by atoms with van der Waals surface area (Å²) in [5, 5.41) is 12.0. The van der Waals surface area contributed by atoms with Gasteiger partial charge in [0.25, 0.3) is 0 Å². The molecule has 0 spiro atoms. The van der Waals surface area contributed by atoms with E-state index in [1.165, 1.54) is 0 Å². The highest BCUT2D eigenvalue weighted by Crippen LogP contribution is 2.25. The number of aryl methyl sites for hydroxylation is 2. The number of hydrogen-bond donors (Lipinski definition) is 2. The number of methoxy groups -OCH3 is 1. The fraction of sp³-hybridized carbons (Fsp3) is 0.462. The second kappa shape index (κ2) is 5.57. The van der Waals surface area contributed by atoms with Crippen LogP contribution in [0.15, 0.2) is 12.1 Å². The van der Waals surface area contributed by atoms with E-state index in [9.17, 15) is 4.79 Å². The Labute approximate surface area is 102 Å². The van der Waals surface area contributed by atoms with E-state index >= 15 is 0 Å². The van der Waals surface area contributed by atoms with Crippen molar-refractivity contribution in [3.05, 3.63) is 23.3 Å². The van der Waals surface area contributed by atoms with Gasteiger partial charge in [-0.3, -0.25) is 4.79 Å². The molecule has 0 aromatic heterocycles. The van der Waals surface area contributed by atoms with Gasteiger partial charge in [0, 0.05) is 12.2 Å². The molecule has 1 unspecified atom stereocenters. The summed E-state index contributed by atoms with van der Waals surface area (Å²) in [5.74, 6) is -0.350. The molecule has 0 amide bonds.